The summed E-state index contributed by atoms with van der Waals surface area (Å²) in [6, 6.07) is 0. The third-order valence-corrected chi connectivity index (χ3v) is 3.37. The Hall–Kier alpha value is -0.300. The highest BCUT2D eigenvalue weighted by molar-refractivity contribution is 5.02. The van der Waals surface area contributed by atoms with Gasteiger partial charge in [0.05, 0.1) is 5.60 Å². The minimum atomic E-state index is -0.470. The van der Waals surface area contributed by atoms with Gasteiger partial charge in [-0.15, -0.1) is 0 Å². The van der Waals surface area contributed by atoms with Crippen molar-refractivity contribution in [2.75, 3.05) is 0 Å². The molecule has 0 radical (unpaired) electrons. The summed E-state index contributed by atoms with van der Waals surface area (Å²) in [4.78, 5) is 0. The van der Waals surface area contributed by atoms with Crippen LogP contribution >= 0.6 is 0 Å². The molecule has 0 aromatic carbocycles. The number of hydrogen-bond acceptors (Lipinski definition) is 1. The maximum atomic E-state index is 10.0. The molecule has 0 aromatic heterocycles. The Labute approximate surface area is 75.5 Å². The van der Waals surface area contributed by atoms with E-state index in [-0.39, 0.29) is 0 Å². The fraction of sp³-hybridized carbons (Fsp3) is 0.818. The molecule has 1 aliphatic rings. The van der Waals surface area contributed by atoms with Gasteiger partial charge in [-0.2, -0.15) is 0 Å². The van der Waals surface area contributed by atoms with Crippen molar-refractivity contribution in [3.63, 3.8) is 0 Å². The largest absolute Gasteiger partial charge is 0.390 e. The zero-order chi connectivity index (χ0) is 9.35. The van der Waals surface area contributed by atoms with Crippen molar-refractivity contribution in [2.24, 2.45) is 11.8 Å². The van der Waals surface area contributed by atoms with E-state index in [0.29, 0.717) is 11.8 Å². The number of allylic oxidation sites excluding steroid dienone is 1. The summed E-state index contributed by atoms with van der Waals surface area (Å²) >= 11 is 0. The first kappa shape index (κ1) is 9.79. The minimum absolute atomic E-state index is 0.438. The molecule has 1 saturated carbocycles. The van der Waals surface area contributed by atoms with Crippen LogP contribution in [-0.4, -0.2) is 10.7 Å². The Balaban J connectivity index is 2.63. The van der Waals surface area contributed by atoms with Gasteiger partial charge in [0.1, 0.15) is 0 Å². The van der Waals surface area contributed by atoms with Crippen LogP contribution in [-0.2, 0) is 0 Å². The molecule has 70 valence electrons. The van der Waals surface area contributed by atoms with Gasteiger partial charge in [-0.3, -0.25) is 0 Å². The zero-order valence-corrected chi connectivity index (χ0v) is 8.43. The molecule has 0 amide bonds. The van der Waals surface area contributed by atoms with E-state index in [1.54, 1.807) is 0 Å². The molecule has 0 bridgehead atoms. The summed E-state index contributed by atoms with van der Waals surface area (Å²) < 4.78 is 0. The maximum Gasteiger partial charge on any atom is 0.0650 e. The molecule has 1 N–H and O–H groups in total. The molecule has 0 aliphatic heterocycles. The van der Waals surface area contributed by atoms with E-state index in [0.717, 1.165) is 12.8 Å². The van der Waals surface area contributed by atoms with E-state index in [2.05, 4.69) is 20.4 Å². The summed E-state index contributed by atoms with van der Waals surface area (Å²) in [7, 11) is 0. The van der Waals surface area contributed by atoms with Gasteiger partial charge >= 0.3 is 0 Å². The van der Waals surface area contributed by atoms with Crippen LogP contribution in [0.5, 0.6) is 0 Å². The second-order valence-corrected chi connectivity index (χ2v) is 4.58. The molecule has 0 aromatic rings. The second kappa shape index (κ2) is 3.21. The lowest BCUT2D eigenvalue weighted by Crippen LogP contribution is -2.39. The van der Waals surface area contributed by atoms with Crippen molar-refractivity contribution < 1.29 is 5.11 Å². The predicted molar refractivity (Wildman–Crippen MR) is 51.9 cm³/mol. The van der Waals surface area contributed by atoms with E-state index >= 15 is 0 Å². The zero-order valence-electron chi connectivity index (χ0n) is 8.43. The van der Waals surface area contributed by atoms with Gasteiger partial charge in [-0.25, -0.2) is 0 Å². The van der Waals surface area contributed by atoms with Crippen molar-refractivity contribution in [3.8, 4) is 0 Å². The standard InChI is InChI=1S/C11H20O/c1-8(2)10-6-5-9(3)11(4,12)7-10/h9-10,12H,1,5-7H2,2-4H3/t9-,10-,11-/m1/s1. The van der Waals surface area contributed by atoms with Gasteiger partial charge < -0.3 is 5.11 Å². The van der Waals surface area contributed by atoms with E-state index in [1.165, 1.54) is 12.0 Å². The molecule has 3 atom stereocenters. The highest BCUT2D eigenvalue weighted by atomic mass is 16.3. The van der Waals surface area contributed by atoms with Crippen molar-refractivity contribution in [1.82, 2.24) is 0 Å². The van der Waals surface area contributed by atoms with Gasteiger partial charge in [0, 0.05) is 0 Å². The fourth-order valence-corrected chi connectivity index (χ4v) is 1.98. The molecule has 0 unspecified atom stereocenters. The SMILES string of the molecule is C=C(C)[C@@H]1CC[C@@H](C)[C@](C)(O)C1. The minimum Gasteiger partial charge on any atom is -0.390 e. The van der Waals surface area contributed by atoms with Crippen LogP contribution in [0.2, 0.25) is 0 Å². The first-order valence-electron chi connectivity index (χ1n) is 4.81. The van der Waals surface area contributed by atoms with Crippen LogP contribution < -0.4 is 0 Å². The Morgan fingerprint density at radius 3 is 2.50 bits per heavy atom. The molecule has 1 rings (SSSR count). The van der Waals surface area contributed by atoms with Gasteiger partial charge in [0.25, 0.3) is 0 Å². The molecule has 1 heteroatoms. The lowest BCUT2D eigenvalue weighted by atomic mass is 9.71. The van der Waals surface area contributed by atoms with E-state index in [4.69, 9.17) is 0 Å². The summed E-state index contributed by atoms with van der Waals surface area (Å²) in [6.07, 6.45) is 3.22. The fourth-order valence-electron chi connectivity index (χ4n) is 1.98. The van der Waals surface area contributed by atoms with Crippen LogP contribution in [0.3, 0.4) is 0 Å². The van der Waals surface area contributed by atoms with Crippen molar-refractivity contribution in [2.45, 2.75) is 45.6 Å². The number of hydrogen-bond donors (Lipinski definition) is 1. The molecular weight excluding hydrogens is 148 g/mol. The first-order chi connectivity index (χ1) is 5.43. The summed E-state index contributed by atoms with van der Waals surface area (Å²) in [6.45, 7) is 10.1. The Kier molecular flexibility index (Phi) is 2.62. The highest BCUT2D eigenvalue weighted by Crippen LogP contribution is 2.39. The third-order valence-electron chi connectivity index (χ3n) is 3.37. The van der Waals surface area contributed by atoms with Crippen LogP contribution in [0.4, 0.5) is 0 Å². The lowest BCUT2D eigenvalue weighted by molar-refractivity contribution is -0.0375. The monoisotopic (exact) mass is 168 g/mol. The normalized spacial score (nSPS) is 42.7. The molecule has 0 heterocycles. The molecule has 1 fully saturated rings. The smallest absolute Gasteiger partial charge is 0.0650 e. The molecule has 0 spiro atoms. The second-order valence-electron chi connectivity index (χ2n) is 4.58. The molecule has 1 nitrogen and oxygen atoms in total. The summed E-state index contributed by atoms with van der Waals surface area (Å²) in [5.41, 5.74) is 0.754. The van der Waals surface area contributed by atoms with E-state index < -0.39 is 5.60 Å². The van der Waals surface area contributed by atoms with Crippen LogP contribution in [0.15, 0.2) is 12.2 Å². The van der Waals surface area contributed by atoms with Crippen molar-refractivity contribution >= 4 is 0 Å². The molecule has 0 saturated heterocycles. The Morgan fingerprint density at radius 1 is 1.50 bits per heavy atom. The molecule has 12 heavy (non-hydrogen) atoms. The molecular formula is C11H20O. The van der Waals surface area contributed by atoms with Crippen molar-refractivity contribution in [3.05, 3.63) is 12.2 Å². The van der Waals surface area contributed by atoms with Crippen LogP contribution in [0.25, 0.3) is 0 Å². The Bertz CT molecular complexity index is 181. The topological polar surface area (TPSA) is 20.2 Å². The average molecular weight is 168 g/mol. The van der Waals surface area contributed by atoms with Gasteiger partial charge in [-0.1, -0.05) is 19.1 Å². The lowest BCUT2D eigenvalue weighted by Gasteiger charge is -2.39. The van der Waals surface area contributed by atoms with Crippen LogP contribution in [0, 0.1) is 11.8 Å². The predicted octanol–water partition coefficient (Wildman–Crippen LogP) is 2.75. The van der Waals surface area contributed by atoms with Gasteiger partial charge in [0.15, 0.2) is 0 Å². The number of rotatable bonds is 1. The van der Waals surface area contributed by atoms with Gasteiger partial charge in [-0.05, 0) is 44.9 Å². The third kappa shape index (κ3) is 1.89. The average Bonchev–Trinajstić information content (AvgIpc) is 1.94. The maximum absolute atomic E-state index is 10.0. The summed E-state index contributed by atoms with van der Waals surface area (Å²) in [5, 5.41) is 10.0. The highest BCUT2D eigenvalue weighted by Gasteiger charge is 2.35. The first-order valence-corrected chi connectivity index (χ1v) is 4.81. The molecule has 1 aliphatic carbocycles. The van der Waals surface area contributed by atoms with Gasteiger partial charge in [0.2, 0.25) is 0 Å². The van der Waals surface area contributed by atoms with Crippen molar-refractivity contribution in [1.29, 1.82) is 0 Å². The van der Waals surface area contributed by atoms with Crippen LogP contribution in [0.1, 0.15) is 40.0 Å². The quantitative estimate of drug-likeness (QED) is 0.597. The summed E-state index contributed by atoms with van der Waals surface area (Å²) in [5.74, 6) is 0.976. The number of aliphatic hydroxyl groups is 1. The van der Waals surface area contributed by atoms with E-state index in [1.807, 2.05) is 6.92 Å². The Morgan fingerprint density at radius 2 is 2.08 bits per heavy atom. The van der Waals surface area contributed by atoms with E-state index in [9.17, 15) is 5.11 Å².